The Balaban J connectivity index is 1.75. The van der Waals surface area contributed by atoms with E-state index in [4.69, 9.17) is 9.47 Å². The second-order valence-corrected chi connectivity index (χ2v) is 5.16. The summed E-state index contributed by atoms with van der Waals surface area (Å²) in [5.74, 6) is 1.45. The zero-order valence-corrected chi connectivity index (χ0v) is 13.7. The van der Waals surface area contributed by atoms with Gasteiger partial charge in [0, 0.05) is 11.8 Å². The van der Waals surface area contributed by atoms with Crippen LogP contribution in [-0.4, -0.2) is 26.3 Å². The van der Waals surface area contributed by atoms with Crippen LogP contribution in [0.15, 0.2) is 42.5 Å². The van der Waals surface area contributed by atoms with E-state index in [1.54, 1.807) is 13.2 Å². The SMILES string of the molecule is COc1cccc(OCCNC(=O)Nc2cccc(C)c2C)c1. The van der Waals surface area contributed by atoms with Gasteiger partial charge in [-0.2, -0.15) is 0 Å². The van der Waals surface area contributed by atoms with E-state index >= 15 is 0 Å². The molecule has 0 saturated carbocycles. The number of benzene rings is 2. The smallest absolute Gasteiger partial charge is 0.319 e. The lowest BCUT2D eigenvalue weighted by Crippen LogP contribution is -2.32. The molecule has 0 unspecified atom stereocenters. The molecule has 0 fully saturated rings. The summed E-state index contributed by atoms with van der Waals surface area (Å²) in [5, 5.41) is 5.61. The van der Waals surface area contributed by atoms with Crippen LogP contribution in [-0.2, 0) is 0 Å². The number of anilines is 1. The molecule has 0 radical (unpaired) electrons. The highest BCUT2D eigenvalue weighted by atomic mass is 16.5. The van der Waals surface area contributed by atoms with Crippen LogP contribution in [0.4, 0.5) is 10.5 Å². The summed E-state index contributed by atoms with van der Waals surface area (Å²) in [4.78, 5) is 11.9. The van der Waals surface area contributed by atoms with Crippen LogP contribution in [0.2, 0.25) is 0 Å². The summed E-state index contributed by atoms with van der Waals surface area (Å²) in [7, 11) is 1.61. The number of methoxy groups -OCH3 is 1. The molecule has 5 heteroatoms. The zero-order chi connectivity index (χ0) is 16.7. The molecule has 2 N–H and O–H groups in total. The Kier molecular flexibility index (Phi) is 5.86. The maximum atomic E-state index is 11.9. The molecule has 2 rings (SSSR count). The van der Waals surface area contributed by atoms with Gasteiger partial charge in [0.15, 0.2) is 0 Å². The highest BCUT2D eigenvalue weighted by Gasteiger charge is 2.05. The van der Waals surface area contributed by atoms with Gasteiger partial charge >= 0.3 is 6.03 Å². The first kappa shape index (κ1) is 16.7. The van der Waals surface area contributed by atoms with Crippen molar-refractivity contribution in [1.29, 1.82) is 0 Å². The number of hydrogen-bond acceptors (Lipinski definition) is 3. The van der Waals surface area contributed by atoms with Crippen molar-refractivity contribution >= 4 is 11.7 Å². The number of urea groups is 1. The van der Waals surface area contributed by atoms with Crippen LogP contribution in [0.5, 0.6) is 11.5 Å². The number of aryl methyl sites for hydroxylation is 1. The van der Waals surface area contributed by atoms with E-state index in [9.17, 15) is 4.79 Å². The van der Waals surface area contributed by atoms with Crippen molar-refractivity contribution < 1.29 is 14.3 Å². The highest BCUT2D eigenvalue weighted by molar-refractivity contribution is 5.90. The molecular weight excluding hydrogens is 292 g/mol. The molecule has 0 saturated heterocycles. The van der Waals surface area contributed by atoms with Gasteiger partial charge in [0.05, 0.1) is 13.7 Å². The lowest BCUT2D eigenvalue weighted by atomic mass is 10.1. The maximum Gasteiger partial charge on any atom is 0.319 e. The van der Waals surface area contributed by atoms with E-state index in [0.717, 1.165) is 22.6 Å². The van der Waals surface area contributed by atoms with Gasteiger partial charge in [-0.15, -0.1) is 0 Å². The molecular formula is C18H22N2O3. The molecule has 122 valence electrons. The van der Waals surface area contributed by atoms with Gasteiger partial charge in [0.25, 0.3) is 0 Å². The molecule has 0 heterocycles. The molecule has 23 heavy (non-hydrogen) atoms. The molecule has 0 aliphatic heterocycles. The van der Waals surface area contributed by atoms with Crippen molar-refractivity contribution in [2.24, 2.45) is 0 Å². The van der Waals surface area contributed by atoms with Crippen LogP contribution in [0.3, 0.4) is 0 Å². The third-order valence-corrected chi connectivity index (χ3v) is 3.55. The highest BCUT2D eigenvalue weighted by Crippen LogP contribution is 2.19. The van der Waals surface area contributed by atoms with Crippen molar-refractivity contribution in [2.45, 2.75) is 13.8 Å². The third-order valence-electron chi connectivity index (χ3n) is 3.55. The Morgan fingerprint density at radius 3 is 2.61 bits per heavy atom. The minimum Gasteiger partial charge on any atom is -0.497 e. The standard InChI is InChI=1S/C18H22N2O3/c1-13-6-4-9-17(14(13)2)20-18(21)19-10-11-23-16-8-5-7-15(12-16)22-3/h4-9,12H,10-11H2,1-3H3,(H2,19,20,21). The first-order valence-corrected chi connectivity index (χ1v) is 7.48. The number of carbonyl (C=O) groups is 1. The van der Waals surface area contributed by atoms with E-state index in [2.05, 4.69) is 10.6 Å². The fourth-order valence-corrected chi connectivity index (χ4v) is 2.08. The van der Waals surface area contributed by atoms with Gasteiger partial charge in [-0.25, -0.2) is 4.79 Å². The molecule has 0 aliphatic carbocycles. The van der Waals surface area contributed by atoms with Gasteiger partial charge < -0.3 is 20.1 Å². The van der Waals surface area contributed by atoms with E-state index in [1.165, 1.54) is 0 Å². The van der Waals surface area contributed by atoms with Gasteiger partial charge in [-0.3, -0.25) is 0 Å². The van der Waals surface area contributed by atoms with Gasteiger partial charge in [-0.1, -0.05) is 18.2 Å². The van der Waals surface area contributed by atoms with Gasteiger partial charge in [0.1, 0.15) is 18.1 Å². The molecule has 0 atom stereocenters. The Bertz CT molecular complexity index is 671. The lowest BCUT2D eigenvalue weighted by molar-refractivity contribution is 0.247. The maximum absolute atomic E-state index is 11.9. The summed E-state index contributed by atoms with van der Waals surface area (Å²) in [5.41, 5.74) is 3.02. The van der Waals surface area contributed by atoms with E-state index in [0.29, 0.717) is 18.9 Å². The molecule has 2 aromatic rings. The van der Waals surface area contributed by atoms with Crippen molar-refractivity contribution in [3.63, 3.8) is 0 Å². The summed E-state index contributed by atoms with van der Waals surface area (Å²) >= 11 is 0. The van der Waals surface area contributed by atoms with Crippen LogP contribution in [0.1, 0.15) is 11.1 Å². The van der Waals surface area contributed by atoms with Crippen LogP contribution in [0, 0.1) is 13.8 Å². The van der Waals surface area contributed by atoms with Crippen LogP contribution >= 0.6 is 0 Å². The summed E-state index contributed by atoms with van der Waals surface area (Å²) in [6, 6.07) is 12.9. The van der Waals surface area contributed by atoms with Crippen molar-refractivity contribution in [2.75, 3.05) is 25.6 Å². The lowest BCUT2D eigenvalue weighted by Gasteiger charge is -2.12. The topological polar surface area (TPSA) is 59.6 Å². The average molecular weight is 314 g/mol. The van der Waals surface area contributed by atoms with E-state index in [-0.39, 0.29) is 6.03 Å². The average Bonchev–Trinajstić information content (AvgIpc) is 2.56. The van der Waals surface area contributed by atoms with Crippen LogP contribution in [0.25, 0.3) is 0 Å². The largest absolute Gasteiger partial charge is 0.497 e. The number of amides is 2. The molecule has 0 aliphatic rings. The fourth-order valence-electron chi connectivity index (χ4n) is 2.08. The second kappa shape index (κ2) is 8.08. The molecule has 2 amide bonds. The zero-order valence-electron chi connectivity index (χ0n) is 13.7. The van der Waals surface area contributed by atoms with Crippen molar-refractivity contribution in [3.05, 3.63) is 53.6 Å². The number of rotatable bonds is 6. The quantitative estimate of drug-likeness (QED) is 0.802. The van der Waals surface area contributed by atoms with E-state index < -0.39 is 0 Å². The number of nitrogens with one attached hydrogen (secondary N) is 2. The predicted octanol–water partition coefficient (Wildman–Crippen LogP) is 3.51. The summed E-state index contributed by atoms with van der Waals surface area (Å²) < 4.78 is 10.7. The molecule has 0 bridgehead atoms. The normalized spacial score (nSPS) is 10.0. The molecule has 5 nitrogen and oxygen atoms in total. The van der Waals surface area contributed by atoms with Crippen LogP contribution < -0.4 is 20.1 Å². The number of hydrogen-bond donors (Lipinski definition) is 2. The minimum atomic E-state index is -0.243. The van der Waals surface area contributed by atoms with E-state index in [1.807, 2.05) is 50.2 Å². The van der Waals surface area contributed by atoms with Crippen molar-refractivity contribution in [1.82, 2.24) is 5.32 Å². The Hall–Kier alpha value is -2.69. The van der Waals surface area contributed by atoms with Crippen molar-refractivity contribution in [3.8, 4) is 11.5 Å². The Morgan fingerprint density at radius 2 is 1.83 bits per heavy atom. The predicted molar refractivity (Wildman–Crippen MR) is 91.4 cm³/mol. The van der Waals surface area contributed by atoms with Gasteiger partial charge in [-0.05, 0) is 43.2 Å². The minimum absolute atomic E-state index is 0.243. The Morgan fingerprint density at radius 1 is 1.09 bits per heavy atom. The Labute approximate surface area is 136 Å². The third kappa shape index (κ3) is 4.92. The first-order chi connectivity index (χ1) is 11.1. The monoisotopic (exact) mass is 314 g/mol. The van der Waals surface area contributed by atoms with Gasteiger partial charge in [0.2, 0.25) is 0 Å². The first-order valence-electron chi connectivity index (χ1n) is 7.48. The number of carbonyl (C=O) groups excluding carboxylic acids is 1. The molecule has 0 spiro atoms. The second-order valence-electron chi connectivity index (χ2n) is 5.16. The molecule has 0 aromatic heterocycles. The molecule has 2 aromatic carbocycles. The number of ether oxygens (including phenoxy) is 2. The summed E-state index contributed by atoms with van der Waals surface area (Å²) in [6.45, 7) is 4.79. The fraction of sp³-hybridized carbons (Fsp3) is 0.278. The summed E-state index contributed by atoms with van der Waals surface area (Å²) in [6.07, 6.45) is 0.